The van der Waals surface area contributed by atoms with E-state index >= 15 is 0 Å². The van der Waals surface area contributed by atoms with Gasteiger partial charge in [0, 0.05) is 33.3 Å². The number of aryl methyl sites for hydroxylation is 1. The molecule has 2 amide bonds. The predicted octanol–water partition coefficient (Wildman–Crippen LogP) is 0.120. The van der Waals surface area contributed by atoms with E-state index in [0.29, 0.717) is 19.4 Å². The molecule has 0 bridgehead atoms. The Morgan fingerprint density at radius 1 is 1.41 bits per heavy atom. The Bertz CT molecular complexity index is 546. The summed E-state index contributed by atoms with van der Waals surface area (Å²) in [4.78, 5) is 35.7. The third kappa shape index (κ3) is 3.79. The van der Waals surface area contributed by atoms with Gasteiger partial charge in [0.1, 0.15) is 0 Å². The van der Waals surface area contributed by atoms with Gasteiger partial charge in [-0.15, -0.1) is 0 Å². The Kier molecular flexibility index (Phi) is 5.43. The van der Waals surface area contributed by atoms with Crippen LogP contribution < -0.4 is 5.73 Å². The highest BCUT2D eigenvalue weighted by molar-refractivity contribution is 5.78. The second-order valence-electron chi connectivity index (χ2n) is 5.67. The van der Waals surface area contributed by atoms with Gasteiger partial charge in [-0.3, -0.25) is 19.6 Å². The minimum absolute atomic E-state index is 0.0148. The number of rotatable bonds is 5. The molecule has 7 nitrogen and oxygen atoms in total. The minimum atomic E-state index is -0.0579. The van der Waals surface area contributed by atoms with Crippen LogP contribution in [-0.2, 0) is 16.0 Å². The van der Waals surface area contributed by atoms with Crippen molar-refractivity contribution in [3.8, 4) is 0 Å². The number of hydrogen-bond acceptors (Lipinski definition) is 5. The van der Waals surface area contributed by atoms with Crippen molar-refractivity contribution in [2.45, 2.75) is 31.7 Å². The number of carbonyl (C=O) groups excluding carboxylic acids is 2. The molecule has 0 aliphatic carbocycles. The average molecular weight is 305 g/mol. The number of nitrogens with zero attached hydrogens (tertiary/aromatic N) is 4. The van der Waals surface area contributed by atoms with Crippen molar-refractivity contribution >= 4 is 11.8 Å². The molecule has 1 saturated heterocycles. The van der Waals surface area contributed by atoms with E-state index in [4.69, 9.17) is 5.73 Å². The maximum Gasteiger partial charge on any atom is 0.236 e. The van der Waals surface area contributed by atoms with Gasteiger partial charge in [-0.25, -0.2) is 0 Å². The largest absolute Gasteiger partial charge is 0.349 e. The normalized spacial score (nSPS) is 17.6. The lowest BCUT2D eigenvalue weighted by atomic mass is 10.1. The molecule has 1 fully saturated rings. The van der Waals surface area contributed by atoms with E-state index in [1.54, 1.807) is 36.3 Å². The number of carbonyl (C=O) groups is 2. The third-order valence-electron chi connectivity index (χ3n) is 3.89. The van der Waals surface area contributed by atoms with Crippen LogP contribution in [0.15, 0.2) is 12.4 Å². The van der Waals surface area contributed by atoms with Crippen LogP contribution in [0.3, 0.4) is 0 Å². The molecule has 120 valence electrons. The van der Waals surface area contributed by atoms with E-state index in [-0.39, 0.29) is 24.4 Å². The first-order valence-electron chi connectivity index (χ1n) is 7.53. The first-order chi connectivity index (χ1) is 10.5. The van der Waals surface area contributed by atoms with Crippen LogP contribution in [0.5, 0.6) is 0 Å². The lowest BCUT2D eigenvalue weighted by Gasteiger charge is -2.23. The fourth-order valence-electron chi connectivity index (χ4n) is 2.65. The van der Waals surface area contributed by atoms with Gasteiger partial charge >= 0.3 is 0 Å². The van der Waals surface area contributed by atoms with Crippen LogP contribution >= 0.6 is 0 Å². The molecule has 1 atom stereocenters. The van der Waals surface area contributed by atoms with Crippen molar-refractivity contribution in [1.82, 2.24) is 19.8 Å². The Labute approximate surface area is 130 Å². The fourth-order valence-corrected chi connectivity index (χ4v) is 2.65. The second-order valence-corrected chi connectivity index (χ2v) is 5.67. The highest BCUT2D eigenvalue weighted by atomic mass is 16.2. The van der Waals surface area contributed by atoms with Crippen molar-refractivity contribution in [3.05, 3.63) is 23.8 Å². The number of nitrogens with two attached hydrogens (primary N) is 1. The van der Waals surface area contributed by atoms with E-state index in [0.717, 1.165) is 24.2 Å². The van der Waals surface area contributed by atoms with E-state index in [1.807, 2.05) is 0 Å². The first-order valence-corrected chi connectivity index (χ1v) is 7.53. The zero-order chi connectivity index (χ0) is 16.1. The molecule has 0 spiro atoms. The van der Waals surface area contributed by atoms with Crippen LogP contribution in [0, 0.1) is 0 Å². The summed E-state index contributed by atoms with van der Waals surface area (Å²) in [6, 6.07) is -0.0481. The number of hydrogen-bond donors (Lipinski definition) is 1. The molecule has 7 heteroatoms. The first kappa shape index (κ1) is 16.4. The molecule has 2 heterocycles. The molecule has 2 N–H and O–H groups in total. The second kappa shape index (κ2) is 7.31. The molecular weight excluding hydrogens is 282 g/mol. The maximum atomic E-state index is 11.9. The van der Waals surface area contributed by atoms with Gasteiger partial charge in [0.2, 0.25) is 11.8 Å². The summed E-state index contributed by atoms with van der Waals surface area (Å²) in [6.45, 7) is 0.729. The Balaban J connectivity index is 2.07. The zero-order valence-electron chi connectivity index (χ0n) is 13.2. The maximum absolute atomic E-state index is 11.9. The number of aromatic nitrogens is 2. The van der Waals surface area contributed by atoms with E-state index < -0.39 is 0 Å². The van der Waals surface area contributed by atoms with Crippen LogP contribution in [0.2, 0.25) is 0 Å². The summed E-state index contributed by atoms with van der Waals surface area (Å²) in [5.74, 6) is 0.00509. The van der Waals surface area contributed by atoms with Gasteiger partial charge in [0.15, 0.2) is 0 Å². The predicted molar refractivity (Wildman–Crippen MR) is 81.8 cm³/mol. The molecule has 1 aliphatic heterocycles. The van der Waals surface area contributed by atoms with Crippen molar-refractivity contribution in [1.29, 1.82) is 0 Å². The van der Waals surface area contributed by atoms with Gasteiger partial charge < -0.3 is 15.5 Å². The van der Waals surface area contributed by atoms with Crippen molar-refractivity contribution in [3.63, 3.8) is 0 Å². The Morgan fingerprint density at radius 2 is 2.18 bits per heavy atom. The molecule has 1 aromatic heterocycles. The third-order valence-corrected chi connectivity index (χ3v) is 3.89. The molecule has 0 aromatic carbocycles. The topological polar surface area (TPSA) is 92.4 Å². The minimum Gasteiger partial charge on any atom is -0.349 e. The fraction of sp³-hybridized carbons (Fsp3) is 0.600. The van der Waals surface area contributed by atoms with Crippen molar-refractivity contribution < 1.29 is 9.59 Å². The van der Waals surface area contributed by atoms with Crippen LogP contribution in [0.25, 0.3) is 0 Å². The standard InChI is InChI=1S/C15H23N5O2/c1-19(2)14(21)6-5-11-9-17-10-12(18-11)13-4-3-7-20(13)15(22)8-16/h9-10,13H,3-8,16H2,1-2H3/t13-/m1/s1. The number of likely N-dealkylation sites (tertiary alicyclic amines) is 1. The van der Waals surface area contributed by atoms with Crippen molar-refractivity contribution in [2.24, 2.45) is 5.73 Å². The molecule has 1 aromatic rings. The van der Waals surface area contributed by atoms with Crippen molar-refractivity contribution in [2.75, 3.05) is 27.2 Å². The van der Waals surface area contributed by atoms with Gasteiger partial charge in [0.25, 0.3) is 0 Å². The van der Waals surface area contributed by atoms with Gasteiger partial charge in [-0.1, -0.05) is 0 Å². The smallest absolute Gasteiger partial charge is 0.236 e. The monoisotopic (exact) mass is 305 g/mol. The summed E-state index contributed by atoms with van der Waals surface area (Å²) in [7, 11) is 3.47. The van der Waals surface area contributed by atoms with E-state index in [2.05, 4.69) is 9.97 Å². The molecule has 2 rings (SSSR count). The number of amides is 2. The summed E-state index contributed by atoms with van der Waals surface area (Å²) in [6.07, 6.45) is 6.15. The van der Waals surface area contributed by atoms with Gasteiger partial charge in [-0.05, 0) is 19.3 Å². The molecule has 1 aliphatic rings. The molecule has 0 unspecified atom stereocenters. The van der Waals surface area contributed by atoms with Crippen LogP contribution in [-0.4, -0.2) is 58.8 Å². The van der Waals surface area contributed by atoms with Gasteiger partial charge in [-0.2, -0.15) is 0 Å². The lowest BCUT2D eigenvalue weighted by molar-refractivity contribution is -0.130. The quantitative estimate of drug-likeness (QED) is 0.834. The summed E-state index contributed by atoms with van der Waals surface area (Å²) in [5, 5.41) is 0. The lowest BCUT2D eigenvalue weighted by Crippen LogP contribution is -2.35. The van der Waals surface area contributed by atoms with Gasteiger partial charge in [0.05, 0.1) is 30.2 Å². The molecule has 0 saturated carbocycles. The highest BCUT2D eigenvalue weighted by Crippen LogP contribution is 2.30. The highest BCUT2D eigenvalue weighted by Gasteiger charge is 2.30. The zero-order valence-corrected chi connectivity index (χ0v) is 13.2. The Morgan fingerprint density at radius 3 is 2.86 bits per heavy atom. The Hall–Kier alpha value is -2.02. The average Bonchev–Trinajstić information content (AvgIpc) is 3.01. The van der Waals surface area contributed by atoms with Crippen LogP contribution in [0.4, 0.5) is 0 Å². The molecule has 22 heavy (non-hydrogen) atoms. The summed E-state index contributed by atoms with van der Waals surface area (Å²) < 4.78 is 0. The van der Waals surface area contributed by atoms with Crippen LogP contribution in [0.1, 0.15) is 36.7 Å². The molecular formula is C15H23N5O2. The van der Waals surface area contributed by atoms with E-state index in [1.165, 1.54) is 0 Å². The molecule has 0 radical (unpaired) electrons. The summed E-state index contributed by atoms with van der Waals surface area (Å²) >= 11 is 0. The van der Waals surface area contributed by atoms with E-state index in [9.17, 15) is 9.59 Å². The summed E-state index contributed by atoms with van der Waals surface area (Å²) in [5.41, 5.74) is 7.03. The SMILES string of the molecule is CN(C)C(=O)CCc1cncc([C@H]2CCCN2C(=O)CN)n1.